The van der Waals surface area contributed by atoms with Crippen LogP contribution in [0.3, 0.4) is 0 Å². The van der Waals surface area contributed by atoms with E-state index in [4.69, 9.17) is 21.2 Å². The minimum atomic E-state index is -0.837. The first-order valence-corrected chi connectivity index (χ1v) is 11.2. The number of amides is 1. The molecule has 0 unspecified atom stereocenters. The standard InChI is InChI=1S/C24H27ClN2O6/c25-23-18-14-17(26-33-16-21(30)27-11-7-5-8-12-27)10-6-3-1-2-4-9-13-32-24(31)22(18)19(28)15-20(23)29/h2,4,6,9-10,13,15,28-29H,1,3,5,7-8,11-12,14,16H2/b4-2+,10-6+,13-9-,26-17-. The normalized spacial score (nSPS) is 21.4. The van der Waals surface area contributed by atoms with Gasteiger partial charge in [0, 0.05) is 25.6 Å². The van der Waals surface area contributed by atoms with Gasteiger partial charge in [0.2, 0.25) is 0 Å². The summed E-state index contributed by atoms with van der Waals surface area (Å²) in [5.74, 6) is -1.84. The Morgan fingerprint density at radius 2 is 1.88 bits per heavy atom. The number of halogens is 1. The number of piperidine rings is 1. The number of ether oxygens (including phenoxy) is 1. The molecule has 3 rings (SSSR count). The lowest BCUT2D eigenvalue weighted by Gasteiger charge is -2.26. The van der Waals surface area contributed by atoms with Crippen molar-refractivity contribution in [3.05, 3.63) is 58.9 Å². The number of esters is 1. The molecule has 0 bridgehead atoms. The molecule has 0 spiro atoms. The van der Waals surface area contributed by atoms with E-state index in [0.717, 1.165) is 31.7 Å². The number of nitrogens with zero attached hydrogens (tertiary/aromatic N) is 2. The summed E-state index contributed by atoms with van der Waals surface area (Å²) >= 11 is 6.27. The Balaban J connectivity index is 1.87. The average molecular weight is 475 g/mol. The highest BCUT2D eigenvalue weighted by atomic mass is 35.5. The summed E-state index contributed by atoms with van der Waals surface area (Å²) in [6.07, 6.45) is 14.5. The smallest absolute Gasteiger partial charge is 0.347 e. The van der Waals surface area contributed by atoms with Crippen molar-refractivity contribution in [3.63, 3.8) is 0 Å². The summed E-state index contributed by atoms with van der Waals surface area (Å²) < 4.78 is 5.09. The number of phenolic OH excluding ortho intramolecular Hbond substituents is 2. The highest BCUT2D eigenvalue weighted by Crippen LogP contribution is 2.37. The third kappa shape index (κ3) is 6.86. The summed E-state index contributed by atoms with van der Waals surface area (Å²) in [6.45, 7) is 1.22. The Morgan fingerprint density at radius 1 is 1.12 bits per heavy atom. The van der Waals surface area contributed by atoms with Gasteiger partial charge < -0.3 is 24.7 Å². The SMILES string of the molecule is O=C1O/C=C\C=C\CC/C=C/C(=N/OCC(=O)N2CCCCC2)Cc2c(Cl)c(O)cc(O)c21. The highest BCUT2D eigenvalue weighted by Gasteiger charge is 2.24. The van der Waals surface area contributed by atoms with Crippen molar-refractivity contribution in [1.82, 2.24) is 4.90 Å². The second kappa shape index (κ2) is 12.1. The quantitative estimate of drug-likeness (QED) is 0.500. The predicted octanol–water partition coefficient (Wildman–Crippen LogP) is 4.26. The van der Waals surface area contributed by atoms with Gasteiger partial charge in [-0.25, -0.2) is 4.79 Å². The number of carbonyl (C=O) groups is 2. The third-order valence-electron chi connectivity index (χ3n) is 5.27. The first-order chi connectivity index (χ1) is 16.0. The van der Waals surface area contributed by atoms with Crippen LogP contribution in [-0.2, 0) is 20.8 Å². The molecule has 1 amide bonds. The number of hydrogen-bond acceptors (Lipinski definition) is 7. The van der Waals surface area contributed by atoms with Crippen LogP contribution in [0, 0.1) is 0 Å². The molecular weight excluding hydrogens is 448 g/mol. The van der Waals surface area contributed by atoms with Crippen molar-refractivity contribution >= 4 is 29.2 Å². The Labute approximate surface area is 197 Å². The van der Waals surface area contributed by atoms with Crippen LogP contribution < -0.4 is 0 Å². The van der Waals surface area contributed by atoms with Crippen molar-refractivity contribution in [2.24, 2.45) is 5.16 Å². The molecule has 8 nitrogen and oxygen atoms in total. The van der Waals surface area contributed by atoms with E-state index >= 15 is 0 Å². The molecule has 1 fully saturated rings. The molecule has 0 aliphatic carbocycles. The molecular formula is C24H27ClN2O6. The van der Waals surface area contributed by atoms with E-state index in [9.17, 15) is 19.8 Å². The number of likely N-dealkylation sites (tertiary alicyclic amines) is 1. The lowest BCUT2D eigenvalue weighted by atomic mass is 9.99. The summed E-state index contributed by atoms with van der Waals surface area (Å²) in [7, 11) is 0. The maximum atomic E-state index is 12.6. The number of phenols is 2. The molecule has 2 aliphatic rings. The number of hydrogen-bond donors (Lipinski definition) is 2. The zero-order valence-corrected chi connectivity index (χ0v) is 19.0. The van der Waals surface area contributed by atoms with Crippen LogP contribution in [0.15, 0.2) is 47.9 Å². The van der Waals surface area contributed by atoms with Crippen LogP contribution in [0.5, 0.6) is 11.5 Å². The maximum Gasteiger partial charge on any atom is 0.347 e. The van der Waals surface area contributed by atoms with Crippen molar-refractivity contribution < 1.29 is 29.4 Å². The maximum absolute atomic E-state index is 12.6. The minimum Gasteiger partial charge on any atom is -0.507 e. The highest BCUT2D eigenvalue weighted by molar-refractivity contribution is 6.33. The Bertz CT molecular complexity index is 993. The molecule has 0 saturated carbocycles. The van der Waals surface area contributed by atoms with Gasteiger partial charge in [-0.1, -0.05) is 35.0 Å². The van der Waals surface area contributed by atoms with E-state index in [2.05, 4.69) is 5.16 Å². The molecule has 0 aromatic heterocycles. The van der Waals surface area contributed by atoms with E-state index in [-0.39, 0.29) is 40.8 Å². The molecule has 0 radical (unpaired) electrons. The lowest BCUT2D eigenvalue weighted by Crippen LogP contribution is -2.37. The molecule has 176 valence electrons. The fourth-order valence-corrected chi connectivity index (χ4v) is 3.79. The summed E-state index contributed by atoms with van der Waals surface area (Å²) in [5.41, 5.74) is 0.308. The van der Waals surface area contributed by atoms with Gasteiger partial charge >= 0.3 is 5.97 Å². The molecule has 1 aromatic carbocycles. The average Bonchev–Trinajstić information content (AvgIpc) is 2.80. The van der Waals surface area contributed by atoms with Gasteiger partial charge in [0.25, 0.3) is 5.91 Å². The molecule has 2 aliphatic heterocycles. The zero-order chi connectivity index (χ0) is 23.6. The monoisotopic (exact) mass is 474 g/mol. The van der Waals surface area contributed by atoms with Crippen molar-refractivity contribution in [3.8, 4) is 11.5 Å². The van der Waals surface area contributed by atoms with Gasteiger partial charge in [0.15, 0.2) is 6.61 Å². The first-order valence-electron chi connectivity index (χ1n) is 10.9. The molecule has 0 atom stereocenters. The Kier molecular flexibility index (Phi) is 8.95. The summed E-state index contributed by atoms with van der Waals surface area (Å²) in [6, 6.07) is 0.982. The van der Waals surface area contributed by atoms with Crippen LogP contribution in [-0.4, -0.2) is 52.4 Å². The van der Waals surface area contributed by atoms with Crippen LogP contribution in [0.4, 0.5) is 0 Å². The van der Waals surface area contributed by atoms with Gasteiger partial charge in [-0.15, -0.1) is 0 Å². The van der Waals surface area contributed by atoms with Gasteiger partial charge in [0.05, 0.1) is 17.0 Å². The van der Waals surface area contributed by atoms with Crippen LogP contribution >= 0.6 is 11.6 Å². The minimum absolute atomic E-state index is 0.0425. The number of cyclic esters (lactones) is 1. The number of oxime groups is 1. The number of aromatic hydroxyl groups is 2. The van der Waals surface area contributed by atoms with Gasteiger partial charge in [-0.05, 0) is 49.8 Å². The molecule has 2 N–H and O–H groups in total. The van der Waals surface area contributed by atoms with E-state index < -0.39 is 11.7 Å². The number of benzene rings is 1. The lowest BCUT2D eigenvalue weighted by molar-refractivity contribution is -0.137. The molecule has 2 heterocycles. The fraction of sp³-hybridized carbons (Fsp3) is 0.375. The summed E-state index contributed by atoms with van der Waals surface area (Å²) in [4.78, 5) is 32.1. The van der Waals surface area contributed by atoms with Gasteiger partial charge in [-0.3, -0.25) is 4.79 Å². The summed E-state index contributed by atoms with van der Waals surface area (Å²) in [5, 5.41) is 24.4. The predicted molar refractivity (Wildman–Crippen MR) is 124 cm³/mol. The van der Waals surface area contributed by atoms with Crippen LogP contribution in [0.2, 0.25) is 5.02 Å². The second-order valence-electron chi connectivity index (χ2n) is 7.70. The first kappa shape index (κ1) is 24.4. The molecule has 9 heteroatoms. The largest absolute Gasteiger partial charge is 0.507 e. The number of carbonyl (C=O) groups excluding carboxylic acids is 2. The Morgan fingerprint density at radius 3 is 2.67 bits per heavy atom. The van der Waals surface area contributed by atoms with Crippen LogP contribution in [0.1, 0.15) is 48.0 Å². The van der Waals surface area contributed by atoms with E-state index in [1.807, 2.05) is 12.2 Å². The fourth-order valence-electron chi connectivity index (χ4n) is 3.58. The topological polar surface area (TPSA) is 109 Å². The molecule has 33 heavy (non-hydrogen) atoms. The number of rotatable bonds is 3. The zero-order valence-electron chi connectivity index (χ0n) is 18.2. The van der Waals surface area contributed by atoms with E-state index in [0.29, 0.717) is 25.2 Å². The van der Waals surface area contributed by atoms with Crippen molar-refractivity contribution in [1.29, 1.82) is 0 Å². The van der Waals surface area contributed by atoms with Gasteiger partial charge in [-0.2, -0.15) is 0 Å². The van der Waals surface area contributed by atoms with Crippen LogP contribution in [0.25, 0.3) is 0 Å². The molecule has 1 saturated heterocycles. The van der Waals surface area contributed by atoms with E-state index in [1.165, 1.54) is 6.26 Å². The van der Waals surface area contributed by atoms with Crippen molar-refractivity contribution in [2.45, 2.75) is 38.5 Å². The van der Waals surface area contributed by atoms with E-state index in [1.54, 1.807) is 23.1 Å². The number of fused-ring (bicyclic) bond motifs is 1. The Hall–Kier alpha value is -3.26. The van der Waals surface area contributed by atoms with Gasteiger partial charge in [0.1, 0.15) is 17.1 Å². The third-order valence-corrected chi connectivity index (χ3v) is 5.69. The van der Waals surface area contributed by atoms with Crippen molar-refractivity contribution in [2.75, 3.05) is 19.7 Å². The molecule has 1 aromatic rings. The second-order valence-corrected chi connectivity index (χ2v) is 8.08. The number of allylic oxidation sites excluding steroid dienone is 5.